The van der Waals surface area contributed by atoms with Gasteiger partial charge in [0.25, 0.3) is 0 Å². The van der Waals surface area contributed by atoms with Gasteiger partial charge in [-0.3, -0.25) is 4.79 Å². The average Bonchev–Trinajstić information content (AvgIpc) is 2.52. The summed E-state index contributed by atoms with van der Waals surface area (Å²) >= 11 is 1.52. The van der Waals surface area contributed by atoms with Crippen LogP contribution in [0, 0.1) is 5.92 Å². The van der Waals surface area contributed by atoms with E-state index in [1.807, 2.05) is 18.2 Å². The predicted molar refractivity (Wildman–Crippen MR) is 87.2 cm³/mol. The molecule has 1 aromatic carbocycles. The van der Waals surface area contributed by atoms with Gasteiger partial charge in [-0.2, -0.15) is 0 Å². The van der Waals surface area contributed by atoms with Crippen LogP contribution >= 0.6 is 11.8 Å². The summed E-state index contributed by atoms with van der Waals surface area (Å²) in [6.45, 7) is 4.63. The van der Waals surface area contributed by atoms with Gasteiger partial charge in [-0.1, -0.05) is 13.8 Å². The molecule has 1 atom stereocenters. The van der Waals surface area contributed by atoms with Crippen LogP contribution in [0.15, 0.2) is 23.1 Å². The number of rotatable bonds is 7. The normalized spacial score (nSPS) is 14.4. The number of hydrogen-bond donors (Lipinski definition) is 2. The lowest BCUT2D eigenvalue weighted by Gasteiger charge is -2.19. The van der Waals surface area contributed by atoms with Crippen LogP contribution < -0.4 is 14.8 Å². The molecule has 1 aliphatic heterocycles. The average molecular weight is 339 g/mol. The predicted octanol–water partition coefficient (Wildman–Crippen LogP) is 2.17. The van der Waals surface area contributed by atoms with Gasteiger partial charge in [0, 0.05) is 17.1 Å². The molecule has 0 saturated carbocycles. The summed E-state index contributed by atoms with van der Waals surface area (Å²) in [7, 11) is 0. The van der Waals surface area contributed by atoms with Gasteiger partial charge in [-0.05, 0) is 24.1 Å². The Kier molecular flexibility index (Phi) is 6.15. The zero-order valence-electron chi connectivity index (χ0n) is 13.2. The molecule has 2 N–H and O–H groups in total. The Morgan fingerprint density at radius 1 is 1.26 bits per heavy atom. The number of ether oxygens (including phenoxy) is 2. The minimum Gasteiger partial charge on any atom is -0.486 e. The Bertz CT molecular complexity index is 576. The van der Waals surface area contributed by atoms with Crippen LogP contribution in [0.1, 0.15) is 20.3 Å². The van der Waals surface area contributed by atoms with Gasteiger partial charge in [0.1, 0.15) is 19.3 Å². The standard InChI is InChI=1S/C16H21NO5S/c1-10(2)15(16(19)20)17-14(18)5-8-23-11-3-4-12-13(9-11)22-7-6-21-12/h3-4,9-10,15H,5-8H2,1-2H3,(H,17,18)(H,19,20)/t15-/m1/s1. The van der Waals surface area contributed by atoms with Crippen molar-refractivity contribution in [2.45, 2.75) is 31.2 Å². The van der Waals surface area contributed by atoms with Gasteiger partial charge in [0.2, 0.25) is 5.91 Å². The lowest BCUT2D eigenvalue weighted by molar-refractivity contribution is -0.143. The first-order chi connectivity index (χ1) is 11.0. The molecule has 1 heterocycles. The van der Waals surface area contributed by atoms with E-state index in [2.05, 4.69) is 5.32 Å². The van der Waals surface area contributed by atoms with E-state index in [4.69, 9.17) is 14.6 Å². The zero-order chi connectivity index (χ0) is 16.8. The number of fused-ring (bicyclic) bond motifs is 1. The smallest absolute Gasteiger partial charge is 0.326 e. The van der Waals surface area contributed by atoms with Gasteiger partial charge in [0.15, 0.2) is 11.5 Å². The lowest BCUT2D eigenvalue weighted by Crippen LogP contribution is -2.44. The maximum absolute atomic E-state index is 11.9. The van der Waals surface area contributed by atoms with Gasteiger partial charge in [0.05, 0.1) is 0 Å². The largest absolute Gasteiger partial charge is 0.486 e. The van der Waals surface area contributed by atoms with Crippen LogP contribution in [0.25, 0.3) is 0 Å². The van der Waals surface area contributed by atoms with E-state index < -0.39 is 12.0 Å². The van der Waals surface area contributed by atoms with Crippen LogP contribution in [0.2, 0.25) is 0 Å². The highest BCUT2D eigenvalue weighted by Gasteiger charge is 2.23. The quantitative estimate of drug-likeness (QED) is 0.741. The number of carbonyl (C=O) groups is 2. The van der Waals surface area contributed by atoms with E-state index in [0.717, 1.165) is 16.4 Å². The summed E-state index contributed by atoms with van der Waals surface area (Å²) in [4.78, 5) is 23.9. The second-order valence-electron chi connectivity index (χ2n) is 5.53. The van der Waals surface area contributed by atoms with E-state index in [-0.39, 0.29) is 18.2 Å². The molecule has 0 spiro atoms. The summed E-state index contributed by atoms with van der Waals surface area (Å²) < 4.78 is 11.0. The van der Waals surface area contributed by atoms with Crippen LogP contribution in [-0.2, 0) is 9.59 Å². The second kappa shape index (κ2) is 8.10. The summed E-state index contributed by atoms with van der Waals surface area (Å²) in [6, 6.07) is 4.83. The molecule has 0 radical (unpaired) electrons. The van der Waals surface area contributed by atoms with Crippen molar-refractivity contribution in [2.75, 3.05) is 19.0 Å². The van der Waals surface area contributed by atoms with Crippen molar-refractivity contribution < 1.29 is 24.2 Å². The fourth-order valence-electron chi connectivity index (χ4n) is 2.13. The molecule has 23 heavy (non-hydrogen) atoms. The molecule has 126 valence electrons. The molecule has 0 bridgehead atoms. The number of aliphatic carboxylic acids is 1. The van der Waals surface area contributed by atoms with E-state index in [1.54, 1.807) is 13.8 Å². The first-order valence-corrected chi connectivity index (χ1v) is 8.50. The topological polar surface area (TPSA) is 84.9 Å². The Balaban J connectivity index is 1.80. The van der Waals surface area contributed by atoms with E-state index in [9.17, 15) is 9.59 Å². The fraction of sp³-hybridized carbons (Fsp3) is 0.500. The summed E-state index contributed by atoms with van der Waals surface area (Å²) in [5.41, 5.74) is 0. The van der Waals surface area contributed by atoms with Crippen molar-refractivity contribution >= 4 is 23.6 Å². The van der Waals surface area contributed by atoms with Crippen LogP contribution in [0.3, 0.4) is 0 Å². The third-order valence-electron chi connectivity index (χ3n) is 3.36. The number of carbonyl (C=O) groups excluding carboxylic acids is 1. The molecule has 1 aliphatic rings. The number of carboxylic acids is 1. The first-order valence-electron chi connectivity index (χ1n) is 7.52. The number of amides is 1. The Morgan fingerprint density at radius 2 is 1.96 bits per heavy atom. The molecule has 7 heteroatoms. The SMILES string of the molecule is CC(C)[C@@H](NC(=O)CCSc1ccc2c(c1)OCCO2)C(=O)O. The highest BCUT2D eigenvalue weighted by atomic mass is 32.2. The second-order valence-corrected chi connectivity index (χ2v) is 6.70. The maximum Gasteiger partial charge on any atom is 0.326 e. The number of carboxylic acid groups (broad SMARTS) is 1. The third-order valence-corrected chi connectivity index (χ3v) is 4.36. The minimum atomic E-state index is -1.01. The molecule has 0 aromatic heterocycles. The van der Waals surface area contributed by atoms with E-state index in [0.29, 0.717) is 19.0 Å². The van der Waals surface area contributed by atoms with Crippen molar-refractivity contribution in [3.8, 4) is 11.5 Å². The first kappa shape index (κ1) is 17.5. The van der Waals surface area contributed by atoms with Crippen molar-refractivity contribution in [3.63, 3.8) is 0 Å². The molecule has 0 saturated heterocycles. The Hall–Kier alpha value is -1.89. The molecule has 0 unspecified atom stereocenters. The lowest BCUT2D eigenvalue weighted by atomic mass is 10.0. The highest BCUT2D eigenvalue weighted by molar-refractivity contribution is 7.99. The Morgan fingerprint density at radius 3 is 2.61 bits per heavy atom. The molecule has 6 nitrogen and oxygen atoms in total. The summed E-state index contributed by atoms with van der Waals surface area (Å²) in [6.07, 6.45) is 0.260. The monoisotopic (exact) mass is 339 g/mol. The summed E-state index contributed by atoms with van der Waals surface area (Å²) in [5, 5.41) is 11.6. The van der Waals surface area contributed by atoms with Crippen LogP contribution in [0.4, 0.5) is 0 Å². The van der Waals surface area contributed by atoms with Crippen LogP contribution in [0.5, 0.6) is 11.5 Å². The van der Waals surface area contributed by atoms with E-state index in [1.165, 1.54) is 11.8 Å². The molecule has 0 aliphatic carbocycles. The van der Waals surface area contributed by atoms with E-state index >= 15 is 0 Å². The highest BCUT2D eigenvalue weighted by Crippen LogP contribution is 2.34. The third kappa shape index (κ3) is 5.06. The van der Waals surface area contributed by atoms with Gasteiger partial charge in [-0.25, -0.2) is 4.79 Å². The molecular formula is C16H21NO5S. The van der Waals surface area contributed by atoms with Crippen molar-refractivity contribution in [1.82, 2.24) is 5.32 Å². The van der Waals surface area contributed by atoms with Gasteiger partial charge >= 0.3 is 5.97 Å². The number of benzene rings is 1. The zero-order valence-corrected chi connectivity index (χ0v) is 14.0. The van der Waals surface area contributed by atoms with Crippen molar-refractivity contribution in [2.24, 2.45) is 5.92 Å². The molecule has 0 fully saturated rings. The Labute approximate surface area is 139 Å². The fourth-order valence-corrected chi connectivity index (χ4v) is 3.01. The minimum absolute atomic E-state index is 0.151. The van der Waals surface area contributed by atoms with Crippen LogP contribution in [-0.4, -0.2) is 42.0 Å². The van der Waals surface area contributed by atoms with Crippen molar-refractivity contribution in [1.29, 1.82) is 0 Å². The number of hydrogen-bond acceptors (Lipinski definition) is 5. The summed E-state index contributed by atoms with van der Waals surface area (Å²) in [5.74, 6) is 0.609. The maximum atomic E-state index is 11.9. The number of nitrogens with one attached hydrogen (secondary N) is 1. The molecule has 1 amide bonds. The van der Waals surface area contributed by atoms with Gasteiger partial charge in [-0.15, -0.1) is 11.8 Å². The molecule has 2 rings (SSSR count). The van der Waals surface area contributed by atoms with Crippen molar-refractivity contribution in [3.05, 3.63) is 18.2 Å². The number of thioether (sulfide) groups is 1. The molecule has 1 aromatic rings. The van der Waals surface area contributed by atoms with Gasteiger partial charge < -0.3 is 19.9 Å². The molecular weight excluding hydrogens is 318 g/mol.